The highest BCUT2D eigenvalue weighted by Crippen LogP contribution is 2.40. The van der Waals surface area contributed by atoms with Crippen LogP contribution in [0.1, 0.15) is 0 Å². The monoisotopic (exact) mass is 313 g/mol. The summed E-state index contributed by atoms with van der Waals surface area (Å²) in [5, 5.41) is 6.06. The smallest absolute Gasteiger partial charge is 0.265 e. The first-order valence-electron chi connectivity index (χ1n) is 5.83. The highest BCUT2D eigenvalue weighted by Gasteiger charge is 2.19. The van der Waals surface area contributed by atoms with Gasteiger partial charge in [-0.2, -0.15) is 5.10 Å². The van der Waals surface area contributed by atoms with Gasteiger partial charge in [-0.15, -0.1) is 0 Å². The van der Waals surface area contributed by atoms with Gasteiger partial charge in [-0.25, -0.2) is 8.42 Å². The van der Waals surface area contributed by atoms with Gasteiger partial charge in [0.15, 0.2) is 11.5 Å². The maximum atomic E-state index is 12.1. The molecule has 0 fully saturated rings. The molecule has 8 nitrogen and oxygen atoms in total. The summed E-state index contributed by atoms with van der Waals surface area (Å²) in [5.74, 6) is 1.08. The predicted octanol–water partition coefficient (Wildman–Crippen LogP) is 1.24. The van der Waals surface area contributed by atoms with Crippen LogP contribution in [0.3, 0.4) is 0 Å². The number of H-pyrrole nitrogens is 1. The zero-order valence-corrected chi connectivity index (χ0v) is 12.5. The topological polar surface area (TPSA) is 103 Å². The number of hydrogen-bond donors (Lipinski definition) is 2. The first-order chi connectivity index (χ1) is 10.0. The molecule has 2 rings (SSSR count). The number of ether oxygens (including phenoxy) is 3. The maximum absolute atomic E-state index is 12.1. The third kappa shape index (κ3) is 3.02. The van der Waals surface area contributed by atoms with E-state index >= 15 is 0 Å². The number of rotatable bonds is 6. The third-order valence-corrected chi connectivity index (χ3v) is 4.05. The van der Waals surface area contributed by atoms with E-state index in [1.165, 1.54) is 45.9 Å². The van der Waals surface area contributed by atoms with E-state index in [1.807, 2.05) is 0 Å². The van der Waals surface area contributed by atoms with Crippen LogP contribution in [0.15, 0.2) is 29.4 Å². The summed E-state index contributed by atoms with van der Waals surface area (Å²) in [7, 11) is 0.633. The molecule has 21 heavy (non-hydrogen) atoms. The number of hydrogen-bond acceptors (Lipinski definition) is 6. The summed E-state index contributed by atoms with van der Waals surface area (Å²) < 4.78 is 42.2. The summed E-state index contributed by atoms with van der Waals surface area (Å²) in [6.07, 6.45) is 2.49. The van der Waals surface area contributed by atoms with Crippen molar-refractivity contribution in [2.24, 2.45) is 0 Å². The van der Waals surface area contributed by atoms with Crippen molar-refractivity contribution in [3.8, 4) is 17.2 Å². The van der Waals surface area contributed by atoms with E-state index in [-0.39, 0.29) is 10.6 Å². The molecule has 0 bridgehead atoms. The van der Waals surface area contributed by atoms with Gasteiger partial charge < -0.3 is 14.2 Å². The Bertz CT molecular complexity index is 687. The summed E-state index contributed by atoms with van der Waals surface area (Å²) in [6, 6.07) is 3.00. The van der Waals surface area contributed by atoms with Gasteiger partial charge in [-0.3, -0.25) is 9.82 Å². The fourth-order valence-electron chi connectivity index (χ4n) is 1.74. The first kappa shape index (κ1) is 15.0. The number of aromatic nitrogens is 2. The Morgan fingerprint density at radius 3 is 2.14 bits per heavy atom. The van der Waals surface area contributed by atoms with Crippen molar-refractivity contribution in [1.29, 1.82) is 0 Å². The molecule has 114 valence electrons. The first-order valence-corrected chi connectivity index (χ1v) is 7.31. The van der Waals surface area contributed by atoms with Crippen molar-refractivity contribution in [2.75, 3.05) is 26.1 Å². The molecule has 2 aromatic rings. The van der Waals surface area contributed by atoms with Gasteiger partial charge in [0.05, 0.1) is 33.2 Å². The molecular weight excluding hydrogens is 298 g/mol. The SMILES string of the molecule is COc1cc(NS(=O)(=O)c2cn[nH]c2)cc(OC)c1OC. The number of benzene rings is 1. The molecule has 0 radical (unpaired) electrons. The average Bonchev–Trinajstić information content (AvgIpc) is 3.00. The van der Waals surface area contributed by atoms with Crippen LogP contribution in [-0.2, 0) is 10.0 Å². The molecule has 1 aromatic heterocycles. The molecular formula is C12H15N3O5S. The van der Waals surface area contributed by atoms with E-state index in [1.54, 1.807) is 0 Å². The fraction of sp³-hybridized carbons (Fsp3) is 0.250. The van der Waals surface area contributed by atoms with E-state index in [4.69, 9.17) is 14.2 Å². The van der Waals surface area contributed by atoms with Crippen LogP contribution >= 0.6 is 0 Å². The molecule has 1 aromatic carbocycles. The molecule has 2 N–H and O–H groups in total. The quantitative estimate of drug-likeness (QED) is 0.831. The van der Waals surface area contributed by atoms with Crippen LogP contribution in [0.25, 0.3) is 0 Å². The zero-order chi connectivity index (χ0) is 15.5. The van der Waals surface area contributed by atoms with Crippen molar-refractivity contribution in [3.63, 3.8) is 0 Å². The van der Waals surface area contributed by atoms with E-state index in [0.29, 0.717) is 17.2 Å². The number of methoxy groups -OCH3 is 3. The molecule has 0 spiro atoms. The van der Waals surface area contributed by atoms with Gasteiger partial charge >= 0.3 is 0 Å². The number of nitrogens with zero attached hydrogens (tertiary/aromatic N) is 1. The van der Waals surface area contributed by atoms with Gasteiger partial charge in [0.2, 0.25) is 5.75 Å². The minimum absolute atomic E-state index is 0.0243. The largest absolute Gasteiger partial charge is 0.493 e. The molecule has 0 aliphatic rings. The summed E-state index contributed by atoms with van der Waals surface area (Å²) in [6.45, 7) is 0. The number of aromatic amines is 1. The molecule has 0 saturated heterocycles. The molecule has 9 heteroatoms. The molecule has 0 aliphatic carbocycles. The number of anilines is 1. The Hall–Kier alpha value is -2.42. The van der Waals surface area contributed by atoms with Gasteiger partial charge in [0.1, 0.15) is 4.90 Å². The van der Waals surface area contributed by atoms with Crippen LogP contribution in [0, 0.1) is 0 Å². The molecule has 0 saturated carbocycles. The minimum Gasteiger partial charge on any atom is -0.493 e. The van der Waals surface area contributed by atoms with Crippen molar-refractivity contribution in [2.45, 2.75) is 4.90 Å². The highest BCUT2D eigenvalue weighted by molar-refractivity contribution is 7.92. The lowest BCUT2D eigenvalue weighted by Gasteiger charge is -2.14. The number of sulfonamides is 1. The lowest BCUT2D eigenvalue weighted by molar-refractivity contribution is 0.325. The van der Waals surface area contributed by atoms with Gasteiger partial charge in [0, 0.05) is 18.3 Å². The highest BCUT2D eigenvalue weighted by atomic mass is 32.2. The average molecular weight is 313 g/mol. The Balaban J connectivity index is 2.41. The van der Waals surface area contributed by atoms with E-state index in [9.17, 15) is 8.42 Å². The molecule has 0 amide bonds. The van der Waals surface area contributed by atoms with Gasteiger partial charge in [-0.05, 0) is 0 Å². The Labute approximate surface area is 122 Å². The summed E-state index contributed by atoms with van der Waals surface area (Å²) in [5.41, 5.74) is 0.283. The molecule has 0 aliphatic heterocycles. The van der Waals surface area contributed by atoms with Gasteiger partial charge in [0.25, 0.3) is 10.0 Å². The normalized spacial score (nSPS) is 11.0. The van der Waals surface area contributed by atoms with Crippen molar-refractivity contribution < 1.29 is 22.6 Å². The Kier molecular flexibility index (Phi) is 4.22. The van der Waals surface area contributed by atoms with E-state index in [0.717, 1.165) is 0 Å². The molecule has 0 atom stereocenters. The predicted molar refractivity (Wildman–Crippen MR) is 75.5 cm³/mol. The van der Waals surface area contributed by atoms with Crippen LogP contribution < -0.4 is 18.9 Å². The van der Waals surface area contributed by atoms with Crippen LogP contribution in [0.5, 0.6) is 17.2 Å². The van der Waals surface area contributed by atoms with Gasteiger partial charge in [-0.1, -0.05) is 0 Å². The Morgan fingerprint density at radius 1 is 1.10 bits per heavy atom. The lowest BCUT2D eigenvalue weighted by atomic mass is 10.2. The third-order valence-electron chi connectivity index (χ3n) is 2.70. The van der Waals surface area contributed by atoms with E-state index < -0.39 is 10.0 Å². The van der Waals surface area contributed by atoms with Crippen molar-refractivity contribution in [1.82, 2.24) is 10.2 Å². The molecule has 1 heterocycles. The summed E-state index contributed by atoms with van der Waals surface area (Å²) >= 11 is 0. The summed E-state index contributed by atoms with van der Waals surface area (Å²) in [4.78, 5) is 0.0243. The van der Waals surface area contributed by atoms with Crippen molar-refractivity contribution >= 4 is 15.7 Å². The van der Waals surface area contributed by atoms with E-state index in [2.05, 4.69) is 14.9 Å². The van der Waals surface area contributed by atoms with Crippen LogP contribution in [0.2, 0.25) is 0 Å². The second kappa shape index (κ2) is 5.92. The minimum atomic E-state index is -3.74. The standard InChI is InChI=1S/C12H15N3O5S/c1-18-10-4-8(5-11(19-2)12(10)20-3)15-21(16,17)9-6-13-14-7-9/h4-7,15H,1-3H3,(H,13,14). The Morgan fingerprint density at radius 2 is 1.71 bits per heavy atom. The fourth-order valence-corrected chi connectivity index (χ4v) is 2.69. The second-order valence-electron chi connectivity index (χ2n) is 3.95. The number of nitrogens with one attached hydrogen (secondary N) is 2. The molecule has 0 unspecified atom stereocenters. The van der Waals surface area contributed by atoms with Crippen LogP contribution in [-0.4, -0.2) is 39.9 Å². The maximum Gasteiger partial charge on any atom is 0.265 e. The van der Waals surface area contributed by atoms with Crippen molar-refractivity contribution in [3.05, 3.63) is 24.5 Å². The zero-order valence-electron chi connectivity index (χ0n) is 11.7. The lowest BCUT2D eigenvalue weighted by Crippen LogP contribution is -2.12. The van der Waals surface area contributed by atoms with Crippen LogP contribution in [0.4, 0.5) is 5.69 Å². The second-order valence-corrected chi connectivity index (χ2v) is 5.64.